The van der Waals surface area contributed by atoms with Gasteiger partial charge in [-0.05, 0) is 24.3 Å². The average Bonchev–Trinajstić information content (AvgIpc) is 2.99. The number of nitrogens with one attached hydrogen (secondary N) is 2. The molecule has 4 N–H and O–H groups in total. The number of amides is 1. The number of fused-ring (bicyclic) bond motifs is 1. The minimum Gasteiger partial charge on any atom is -0.393 e. The monoisotopic (exact) mass is 270 g/mol. The van der Waals surface area contributed by atoms with E-state index in [1.54, 1.807) is 24.4 Å². The SMILES string of the molecule is Nc1c([N+](=O)[O-])ccc2c1/C(=C/c1ccc[nH]1)C(=O)N2. The number of hydrogen-bond donors (Lipinski definition) is 3. The van der Waals surface area contributed by atoms with E-state index in [-0.39, 0.29) is 17.3 Å². The minimum atomic E-state index is -0.565. The second-order valence-electron chi connectivity index (χ2n) is 4.32. The number of anilines is 2. The van der Waals surface area contributed by atoms with Gasteiger partial charge in [-0.1, -0.05) is 0 Å². The predicted octanol–water partition coefficient (Wildman–Crippen LogP) is 2.00. The first-order valence-corrected chi connectivity index (χ1v) is 5.81. The van der Waals surface area contributed by atoms with Crippen molar-refractivity contribution in [2.75, 3.05) is 11.1 Å². The van der Waals surface area contributed by atoms with E-state index in [2.05, 4.69) is 10.3 Å². The lowest BCUT2D eigenvalue weighted by Crippen LogP contribution is -2.03. The maximum absolute atomic E-state index is 12.0. The summed E-state index contributed by atoms with van der Waals surface area (Å²) in [5.74, 6) is -0.332. The zero-order valence-electron chi connectivity index (χ0n) is 10.2. The third-order valence-corrected chi connectivity index (χ3v) is 3.10. The van der Waals surface area contributed by atoms with Gasteiger partial charge in [-0.2, -0.15) is 0 Å². The molecule has 7 nitrogen and oxygen atoms in total. The summed E-state index contributed by atoms with van der Waals surface area (Å²) >= 11 is 0. The van der Waals surface area contributed by atoms with Crippen molar-refractivity contribution in [1.29, 1.82) is 0 Å². The average molecular weight is 270 g/mol. The van der Waals surface area contributed by atoms with Gasteiger partial charge in [-0.15, -0.1) is 0 Å². The molecule has 1 aromatic carbocycles. The molecule has 20 heavy (non-hydrogen) atoms. The molecule has 0 radical (unpaired) electrons. The number of aromatic amines is 1. The number of rotatable bonds is 2. The molecular weight excluding hydrogens is 260 g/mol. The van der Waals surface area contributed by atoms with E-state index in [9.17, 15) is 14.9 Å². The second-order valence-corrected chi connectivity index (χ2v) is 4.32. The van der Waals surface area contributed by atoms with Gasteiger partial charge in [0, 0.05) is 23.5 Å². The molecule has 2 aromatic rings. The van der Waals surface area contributed by atoms with Gasteiger partial charge >= 0.3 is 0 Å². The minimum absolute atomic E-state index is 0.0105. The molecule has 1 aliphatic rings. The lowest BCUT2D eigenvalue weighted by atomic mass is 10.0. The van der Waals surface area contributed by atoms with Gasteiger partial charge in [0.2, 0.25) is 0 Å². The second kappa shape index (κ2) is 4.23. The summed E-state index contributed by atoms with van der Waals surface area (Å²) in [4.78, 5) is 25.3. The Morgan fingerprint density at radius 2 is 2.10 bits per heavy atom. The molecule has 2 heterocycles. The normalized spacial score (nSPS) is 15.2. The number of benzene rings is 1. The number of nitro benzene ring substituents is 1. The highest BCUT2D eigenvalue weighted by atomic mass is 16.6. The number of nitro groups is 1. The fraction of sp³-hybridized carbons (Fsp3) is 0. The molecule has 1 aliphatic heterocycles. The van der Waals surface area contributed by atoms with Crippen molar-refractivity contribution in [2.24, 2.45) is 0 Å². The first kappa shape index (κ1) is 12.0. The zero-order valence-corrected chi connectivity index (χ0v) is 10.2. The molecule has 100 valence electrons. The molecule has 1 amide bonds. The first-order chi connectivity index (χ1) is 9.58. The van der Waals surface area contributed by atoms with E-state index in [0.29, 0.717) is 22.5 Å². The van der Waals surface area contributed by atoms with Crippen LogP contribution in [0.3, 0.4) is 0 Å². The summed E-state index contributed by atoms with van der Waals surface area (Å²) in [6, 6.07) is 6.34. The van der Waals surface area contributed by atoms with E-state index in [0.717, 1.165) is 0 Å². The Hall–Kier alpha value is -3.09. The van der Waals surface area contributed by atoms with Crippen LogP contribution in [0, 0.1) is 10.1 Å². The number of nitrogens with two attached hydrogens (primary N) is 1. The van der Waals surface area contributed by atoms with Crippen molar-refractivity contribution in [1.82, 2.24) is 4.98 Å². The topological polar surface area (TPSA) is 114 Å². The van der Waals surface area contributed by atoms with Crippen molar-refractivity contribution in [3.05, 3.63) is 51.8 Å². The summed E-state index contributed by atoms with van der Waals surface area (Å²) in [6.07, 6.45) is 3.33. The molecule has 0 atom stereocenters. The molecule has 3 rings (SSSR count). The molecule has 0 saturated carbocycles. The number of carbonyl (C=O) groups excluding carboxylic acids is 1. The largest absolute Gasteiger partial charge is 0.393 e. The maximum atomic E-state index is 12.0. The van der Waals surface area contributed by atoms with E-state index >= 15 is 0 Å². The molecule has 0 aliphatic carbocycles. The van der Waals surface area contributed by atoms with Crippen LogP contribution in [-0.2, 0) is 4.79 Å². The fourth-order valence-electron chi connectivity index (χ4n) is 2.19. The number of hydrogen-bond acceptors (Lipinski definition) is 4. The Labute approximate surface area is 113 Å². The number of H-pyrrole nitrogens is 1. The van der Waals surface area contributed by atoms with Crippen molar-refractivity contribution < 1.29 is 9.72 Å². The van der Waals surface area contributed by atoms with E-state index in [1.165, 1.54) is 12.1 Å². The Balaban J connectivity index is 2.21. The van der Waals surface area contributed by atoms with Crippen LogP contribution in [0.4, 0.5) is 17.1 Å². The standard InChI is InChI=1S/C13H10N4O3/c14-12-10(17(19)20)4-3-9-11(12)8(13(18)16-9)6-7-2-1-5-15-7/h1-6,15H,14H2,(H,16,18)/b8-6-. The highest BCUT2D eigenvalue weighted by molar-refractivity contribution is 6.36. The predicted molar refractivity (Wildman–Crippen MR) is 74.8 cm³/mol. The van der Waals surface area contributed by atoms with Crippen LogP contribution < -0.4 is 11.1 Å². The van der Waals surface area contributed by atoms with Gasteiger partial charge < -0.3 is 16.0 Å². The van der Waals surface area contributed by atoms with Crippen LogP contribution in [0.2, 0.25) is 0 Å². The van der Waals surface area contributed by atoms with Crippen molar-refractivity contribution in [2.45, 2.75) is 0 Å². The van der Waals surface area contributed by atoms with Crippen molar-refractivity contribution >= 4 is 34.6 Å². The molecule has 1 aromatic heterocycles. The summed E-state index contributed by atoms with van der Waals surface area (Å²) in [6.45, 7) is 0. The van der Waals surface area contributed by atoms with E-state index in [4.69, 9.17) is 5.73 Å². The third kappa shape index (κ3) is 1.72. The van der Waals surface area contributed by atoms with Gasteiger partial charge in [-0.3, -0.25) is 14.9 Å². The summed E-state index contributed by atoms with van der Waals surface area (Å²) in [5.41, 5.74) is 7.49. The molecule has 0 saturated heterocycles. The van der Waals surface area contributed by atoms with Crippen LogP contribution in [0.25, 0.3) is 11.6 Å². The first-order valence-electron chi connectivity index (χ1n) is 5.81. The van der Waals surface area contributed by atoms with Crippen LogP contribution >= 0.6 is 0 Å². The summed E-state index contributed by atoms with van der Waals surface area (Å²) < 4.78 is 0. The quantitative estimate of drug-likeness (QED) is 0.335. The van der Waals surface area contributed by atoms with Crippen LogP contribution in [0.5, 0.6) is 0 Å². The smallest absolute Gasteiger partial charge is 0.292 e. The van der Waals surface area contributed by atoms with Gasteiger partial charge in [-0.25, -0.2) is 0 Å². The Morgan fingerprint density at radius 3 is 2.75 bits per heavy atom. The lowest BCUT2D eigenvalue weighted by Gasteiger charge is -2.04. The fourth-order valence-corrected chi connectivity index (χ4v) is 2.19. The molecular formula is C13H10N4O3. The number of nitrogens with zero attached hydrogens (tertiary/aromatic N) is 1. The van der Waals surface area contributed by atoms with E-state index < -0.39 is 4.92 Å². The van der Waals surface area contributed by atoms with Gasteiger partial charge in [0.25, 0.3) is 11.6 Å². The molecule has 0 fully saturated rings. The summed E-state index contributed by atoms with van der Waals surface area (Å²) in [7, 11) is 0. The molecule has 0 bridgehead atoms. The zero-order chi connectivity index (χ0) is 14.3. The van der Waals surface area contributed by atoms with Crippen molar-refractivity contribution in [3.63, 3.8) is 0 Å². The van der Waals surface area contributed by atoms with Gasteiger partial charge in [0.1, 0.15) is 5.69 Å². The van der Waals surface area contributed by atoms with Crippen LogP contribution in [0.1, 0.15) is 11.3 Å². The maximum Gasteiger partial charge on any atom is 0.292 e. The Bertz CT molecular complexity index is 747. The molecule has 7 heteroatoms. The molecule has 0 spiro atoms. The highest BCUT2D eigenvalue weighted by Crippen LogP contribution is 2.41. The number of aromatic nitrogens is 1. The van der Waals surface area contributed by atoms with Gasteiger partial charge in [0.05, 0.1) is 16.2 Å². The number of nitrogen functional groups attached to an aromatic ring is 1. The summed E-state index contributed by atoms with van der Waals surface area (Å²) in [5, 5.41) is 13.6. The Morgan fingerprint density at radius 1 is 1.30 bits per heavy atom. The Kier molecular flexibility index (Phi) is 2.53. The lowest BCUT2D eigenvalue weighted by molar-refractivity contribution is -0.383. The highest BCUT2D eigenvalue weighted by Gasteiger charge is 2.30. The van der Waals surface area contributed by atoms with Gasteiger partial charge in [0.15, 0.2) is 0 Å². The van der Waals surface area contributed by atoms with Crippen LogP contribution in [-0.4, -0.2) is 15.8 Å². The number of carbonyl (C=O) groups is 1. The third-order valence-electron chi connectivity index (χ3n) is 3.10. The van der Waals surface area contributed by atoms with E-state index in [1.807, 2.05) is 0 Å². The van der Waals surface area contributed by atoms with Crippen LogP contribution in [0.15, 0.2) is 30.5 Å². The van der Waals surface area contributed by atoms with Crippen molar-refractivity contribution in [3.8, 4) is 0 Å². The molecule has 0 unspecified atom stereocenters.